The minimum Gasteiger partial charge on any atom is -0.478 e. The van der Waals surface area contributed by atoms with Crippen molar-refractivity contribution in [3.8, 4) is 0 Å². The predicted octanol–water partition coefficient (Wildman–Crippen LogP) is 1.64. The third-order valence-corrected chi connectivity index (χ3v) is 3.54. The molecule has 1 saturated heterocycles. The van der Waals surface area contributed by atoms with Gasteiger partial charge in [-0.1, -0.05) is 0 Å². The number of rotatable bonds is 2. The van der Waals surface area contributed by atoms with Gasteiger partial charge in [-0.2, -0.15) is 11.8 Å². The van der Waals surface area contributed by atoms with Crippen LogP contribution in [0.15, 0.2) is 12.3 Å². The second-order valence-corrected chi connectivity index (χ2v) is 4.97. The summed E-state index contributed by atoms with van der Waals surface area (Å²) in [6, 6.07) is 1.86. The Kier molecular flexibility index (Phi) is 3.33. The van der Waals surface area contributed by atoms with Crippen molar-refractivity contribution < 1.29 is 9.90 Å². The molecule has 86 valence electrons. The van der Waals surface area contributed by atoms with E-state index in [1.54, 1.807) is 0 Å². The van der Waals surface area contributed by atoms with Gasteiger partial charge in [0.2, 0.25) is 0 Å². The maximum absolute atomic E-state index is 11.1. The Morgan fingerprint density at radius 2 is 2.19 bits per heavy atom. The number of thioether (sulfide) groups is 1. The Hall–Kier alpha value is -1.23. The Labute approximate surface area is 98.7 Å². The number of aromatic carboxylic acids is 1. The van der Waals surface area contributed by atoms with Gasteiger partial charge in [-0.25, -0.2) is 4.79 Å². The number of anilines is 1. The van der Waals surface area contributed by atoms with Crippen LogP contribution in [0.2, 0.25) is 0 Å². The van der Waals surface area contributed by atoms with E-state index >= 15 is 0 Å². The number of hydrogen-bond donors (Lipinski definition) is 1. The van der Waals surface area contributed by atoms with Gasteiger partial charge in [0.25, 0.3) is 0 Å². The van der Waals surface area contributed by atoms with E-state index in [1.807, 2.05) is 24.8 Å². The van der Waals surface area contributed by atoms with Crippen LogP contribution in [0.4, 0.5) is 5.69 Å². The van der Waals surface area contributed by atoms with Crippen molar-refractivity contribution in [3.05, 3.63) is 23.5 Å². The van der Waals surface area contributed by atoms with Crippen molar-refractivity contribution in [3.63, 3.8) is 0 Å². The SMILES string of the molecule is Cc1cc(N2CCSCC2)c(C(=O)O)cn1. The number of nitrogens with zero attached hydrogens (tertiary/aromatic N) is 2. The van der Waals surface area contributed by atoms with Crippen molar-refractivity contribution in [1.82, 2.24) is 4.98 Å². The summed E-state index contributed by atoms with van der Waals surface area (Å²) in [4.78, 5) is 17.3. The third kappa shape index (κ3) is 2.29. The van der Waals surface area contributed by atoms with Crippen LogP contribution < -0.4 is 4.90 Å². The van der Waals surface area contributed by atoms with E-state index in [0.717, 1.165) is 36.0 Å². The molecule has 1 aromatic rings. The average Bonchev–Trinajstić information content (AvgIpc) is 2.29. The topological polar surface area (TPSA) is 53.4 Å². The van der Waals surface area contributed by atoms with Gasteiger partial charge in [0.15, 0.2) is 0 Å². The summed E-state index contributed by atoms with van der Waals surface area (Å²) in [5.41, 5.74) is 1.97. The summed E-state index contributed by atoms with van der Waals surface area (Å²) in [6.07, 6.45) is 1.45. The normalized spacial score (nSPS) is 16.2. The van der Waals surface area contributed by atoms with E-state index in [-0.39, 0.29) is 0 Å². The fourth-order valence-electron chi connectivity index (χ4n) is 1.78. The average molecular weight is 238 g/mol. The first-order chi connectivity index (χ1) is 7.68. The molecular formula is C11H14N2O2S. The van der Waals surface area contributed by atoms with Gasteiger partial charge in [-0.05, 0) is 13.0 Å². The van der Waals surface area contributed by atoms with Crippen molar-refractivity contribution >= 4 is 23.4 Å². The molecule has 1 aromatic heterocycles. The molecule has 4 nitrogen and oxygen atoms in total. The monoisotopic (exact) mass is 238 g/mol. The number of carbonyl (C=O) groups is 1. The summed E-state index contributed by atoms with van der Waals surface area (Å²) in [6.45, 7) is 3.70. The number of carboxylic acids is 1. The molecule has 1 N–H and O–H groups in total. The Morgan fingerprint density at radius 3 is 2.81 bits per heavy atom. The molecule has 1 fully saturated rings. The highest BCUT2D eigenvalue weighted by Gasteiger charge is 2.18. The number of hydrogen-bond acceptors (Lipinski definition) is 4. The van der Waals surface area contributed by atoms with Gasteiger partial charge in [-0.15, -0.1) is 0 Å². The molecule has 0 radical (unpaired) electrons. The molecule has 0 unspecified atom stereocenters. The minimum absolute atomic E-state index is 0.303. The van der Waals surface area contributed by atoms with Crippen LogP contribution in [0.3, 0.4) is 0 Å². The van der Waals surface area contributed by atoms with E-state index < -0.39 is 5.97 Å². The van der Waals surface area contributed by atoms with Crippen molar-refractivity contribution in [2.45, 2.75) is 6.92 Å². The van der Waals surface area contributed by atoms with Gasteiger partial charge in [0.05, 0.1) is 5.69 Å². The molecule has 0 aromatic carbocycles. The highest BCUT2D eigenvalue weighted by atomic mass is 32.2. The van der Waals surface area contributed by atoms with Crippen LogP contribution in [0.5, 0.6) is 0 Å². The highest BCUT2D eigenvalue weighted by molar-refractivity contribution is 7.99. The van der Waals surface area contributed by atoms with Crippen molar-refractivity contribution in [2.75, 3.05) is 29.5 Å². The van der Waals surface area contributed by atoms with Crippen LogP contribution in [0, 0.1) is 6.92 Å². The largest absolute Gasteiger partial charge is 0.478 e. The van der Waals surface area contributed by atoms with Crippen LogP contribution in [0.1, 0.15) is 16.1 Å². The Morgan fingerprint density at radius 1 is 1.50 bits per heavy atom. The van der Waals surface area contributed by atoms with Crippen molar-refractivity contribution in [1.29, 1.82) is 0 Å². The summed E-state index contributed by atoms with van der Waals surface area (Å²) >= 11 is 1.91. The molecule has 16 heavy (non-hydrogen) atoms. The first-order valence-corrected chi connectivity index (χ1v) is 6.36. The lowest BCUT2D eigenvalue weighted by molar-refractivity contribution is 0.0697. The zero-order valence-electron chi connectivity index (χ0n) is 9.14. The third-order valence-electron chi connectivity index (χ3n) is 2.60. The van der Waals surface area contributed by atoms with E-state index in [4.69, 9.17) is 5.11 Å². The van der Waals surface area contributed by atoms with Crippen molar-refractivity contribution in [2.24, 2.45) is 0 Å². The maximum Gasteiger partial charge on any atom is 0.339 e. The molecule has 1 aliphatic rings. The quantitative estimate of drug-likeness (QED) is 0.849. The van der Waals surface area contributed by atoms with E-state index in [0.29, 0.717) is 5.56 Å². The molecule has 0 amide bonds. The number of aryl methyl sites for hydroxylation is 1. The van der Waals surface area contributed by atoms with E-state index in [1.165, 1.54) is 6.20 Å². The predicted molar refractivity (Wildman–Crippen MR) is 65.5 cm³/mol. The number of carboxylic acid groups (broad SMARTS) is 1. The second kappa shape index (κ2) is 4.74. The van der Waals surface area contributed by atoms with Crippen LogP contribution in [-0.2, 0) is 0 Å². The van der Waals surface area contributed by atoms with Crippen LogP contribution in [0.25, 0.3) is 0 Å². The van der Waals surface area contributed by atoms with E-state index in [9.17, 15) is 4.79 Å². The lowest BCUT2D eigenvalue weighted by Crippen LogP contribution is -2.33. The number of aromatic nitrogens is 1. The maximum atomic E-state index is 11.1. The molecule has 0 saturated carbocycles. The van der Waals surface area contributed by atoms with Gasteiger partial charge in [-0.3, -0.25) is 4.98 Å². The molecule has 0 spiro atoms. The smallest absolute Gasteiger partial charge is 0.339 e. The Balaban J connectivity index is 2.36. The molecular weight excluding hydrogens is 224 g/mol. The van der Waals surface area contributed by atoms with Gasteiger partial charge in [0, 0.05) is 36.5 Å². The van der Waals surface area contributed by atoms with Crippen LogP contribution in [-0.4, -0.2) is 40.7 Å². The molecule has 5 heteroatoms. The molecule has 1 aliphatic heterocycles. The van der Waals surface area contributed by atoms with Crippen LogP contribution >= 0.6 is 11.8 Å². The first kappa shape index (κ1) is 11.3. The van der Waals surface area contributed by atoms with Gasteiger partial charge < -0.3 is 10.0 Å². The summed E-state index contributed by atoms with van der Waals surface area (Å²) in [5, 5.41) is 9.12. The zero-order valence-corrected chi connectivity index (χ0v) is 9.96. The lowest BCUT2D eigenvalue weighted by Gasteiger charge is -2.29. The standard InChI is InChI=1S/C11H14N2O2S/c1-8-6-10(9(7-12-8)11(14)15)13-2-4-16-5-3-13/h6-7H,2-5H2,1H3,(H,14,15). The van der Waals surface area contributed by atoms with Gasteiger partial charge in [0.1, 0.15) is 5.56 Å². The molecule has 2 heterocycles. The zero-order chi connectivity index (χ0) is 11.5. The first-order valence-electron chi connectivity index (χ1n) is 5.21. The fraction of sp³-hybridized carbons (Fsp3) is 0.455. The molecule has 2 rings (SSSR count). The second-order valence-electron chi connectivity index (χ2n) is 3.75. The minimum atomic E-state index is -0.902. The molecule has 0 aliphatic carbocycles. The molecule has 0 atom stereocenters. The Bertz CT molecular complexity index is 403. The fourth-order valence-corrected chi connectivity index (χ4v) is 2.68. The molecule has 0 bridgehead atoms. The van der Waals surface area contributed by atoms with E-state index in [2.05, 4.69) is 9.88 Å². The summed E-state index contributed by atoms with van der Waals surface area (Å²) in [5.74, 6) is 1.21. The lowest BCUT2D eigenvalue weighted by atomic mass is 10.2. The highest BCUT2D eigenvalue weighted by Crippen LogP contribution is 2.24. The van der Waals surface area contributed by atoms with Gasteiger partial charge >= 0.3 is 5.97 Å². The summed E-state index contributed by atoms with van der Waals surface area (Å²) in [7, 11) is 0. The number of pyridine rings is 1. The summed E-state index contributed by atoms with van der Waals surface area (Å²) < 4.78 is 0.